The van der Waals surface area contributed by atoms with Crippen LogP contribution in [0.15, 0.2) is 18.5 Å². The number of rotatable bonds is 0. The maximum atomic E-state index is 11.1. The van der Waals surface area contributed by atoms with Gasteiger partial charge in [-0.25, -0.2) is 4.98 Å². The number of nitriles is 2. The molecule has 14 heavy (non-hydrogen) atoms. The summed E-state index contributed by atoms with van der Waals surface area (Å²) in [5, 5.41) is 28.5. The lowest BCUT2D eigenvalue weighted by Gasteiger charge is -2.05. The first-order valence-corrected chi connectivity index (χ1v) is 3.75. The average Bonchev–Trinajstić information content (AvgIpc) is 2.58. The summed E-state index contributed by atoms with van der Waals surface area (Å²) >= 11 is 0. The van der Waals surface area contributed by atoms with Crippen LogP contribution in [-0.4, -0.2) is 9.71 Å². The van der Waals surface area contributed by atoms with Crippen molar-refractivity contribution < 1.29 is 0 Å². The third-order valence-corrected chi connectivity index (χ3v) is 1.89. The van der Waals surface area contributed by atoms with Crippen LogP contribution in [0.2, 0.25) is 0 Å². The van der Waals surface area contributed by atoms with Crippen LogP contribution in [0.1, 0.15) is 11.1 Å². The van der Waals surface area contributed by atoms with Crippen LogP contribution in [-0.2, 0) is 0 Å². The number of hydrogen-bond acceptors (Lipinski definition) is 4. The van der Waals surface area contributed by atoms with Crippen LogP contribution < -0.4 is 0 Å². The van der Waals surface area contributed by atoms with E-state index in [0.29, 0.717) is 15.8 Å². The Hall–Kier alpha value is -2.53. The summed E-state index contributed by atoms with van der Waals surface area (Å²) in [7, 11) is 0. The Morgan fingerprint density at radius 3 is 2.50 bits per heavy atom. The van der Waals surface area contributed by atoms with Crippen LogP contribution in [0.5, 0.6) is 0 Å². The molecule has 5 nitrogen and oxygen atoms in total. The van der Waals surface area contributed by atoms with Gasteiger partial charge in [-0.3, -0.25) is 0 Å². The highest BCUT2D eigenvalue weighted by Crippen LogP contribution is 2.17. The fraction of sp³-hybridized carbons (Fsp3) is 0. The van der Waals surface area contributed by atoms with E-state index in [-0.39, 0.29) is 11.1 Å². The van der Waals surface area contributed by atoms with Crippen LogP contribution in [0, 0.1) is 27.9 Å². The normalized spacial score (nSPS) is 9.57. The molecular formula is C9H3N4O-. The summed E-state index contributed by atoms with van der Waals surface area (Å²) in [6, 6.07) is 6.53. The van der Waals surface area contributed by atoms with Crippen molar-refractivity contribution in [2.45, 2.75) is 0 Å². The zero-order valence-corrected chi connectivity index (χ0v) is 6.93. The molecule has 2 aromatic rings. The second-order valence-corrected chi connectivity index (χ2v) is 2.68. The molecule has 1 aromatic carbocycles. The molecule has 66 valence electrons. The van der Waals surface area contributed by atoms with Gasteiger partial charge in [0.15, 0.2) is 0 Å². The lowest BCUT2D eigenvalue weighted by atomic mass is 10.1. The Bertz CT molecular complexity index is 585. The maximum absolute atomic E-state index is 11.1. The first kappa shape index (κ1) is 8.09. The largest absolute Gasteiger partial charge is 0.805 e. The second kappa shape index (κ2) is 2.75. The minimum Gasteiger partial charge on any atom is -0.805 e. The highest BCUT2D eigenvalue weighted by atomic mass is 16.5. The summed E-state index contributed by atoms with van der Waals surface area (Å²) in [4.78, 5) is 3.79. The van der Waals surface area contributed by atoms with Crippen molar-refractivity contribution in [3.8, 4) is 12.1 Å². The maximum Gasteiger partial charge on any atom is 0.101 e. The summed E-state index contributed by atoms with van der Waals surface area (Å²) in [6.45, 7) is 0. The molecule has 5 heteroatoms. The molecule has 0 aliphatic heterocycles. The summed E-state index contributed by atoms with van der Waals surface area (Å²) in [6.07, 6.45) is 1.10. The van der Waals surface area contributed by atoms with Crippen molar-refractivity contribution in [3.05, 3.63) is 34.8 Å². The van der Waals surface area contributed by atoms with Crippen LogP contribution in [0.25, 0.3) is 11.0 Å². The standard InChI is InChI=1S/C9H3N4O/c10-3-6-1-8-9(2-7(6)4-11)13(14)5-12-8/h1-2,5H/q-1. The van der Waals surface area contributed by atoms with E-state index < -0.39 is 0 Å². The van der Waals surface area contributed by atoms with Gasteiger partial charge in [0.1, 0.15) is 12.1 Å². The molecule has 0 spiro atoms. The van der Waals surface area contributed by atoms with Crippen molar-refractivity contribution in [1.82, 2.24) is 9.71 Å². The molecule has 0 radical (unpaired) electrons. The van der Waals surface area contributed by atoms with Crippen LogP contribution >= 0.6 is 0 Å². The predicted octanol–water partition coefficient (Wildman–Crippen LogP) is 1.13. The zero-order chi connectivity index (χ0) is 10.1. The molecule has 0 saturated heterocycles. The molecule has 0 N–H and O–H groups in total. The Morgan fingerprint density at radius 1 is 1.21 bits per heavy atom. The number of imidazole rings is 1. The molecule has 1 heterocycles. The third kappa shape index (κ3) is 0.970. The molecule has 0 aliphatic rings. The molecule has 0 atom stereocenters. The Balaban J connectivity index is 2.88. The van der Waals surface area contributed by atoms with E-state index >= 15 is 0 Å². The molecule has 2 rings (SSSR count). The lowest BCUT2D eigenvalue weighted by Crippen LogP contribution is -1.87. The van der Waals surface area contributed by atoms with E-state index in [1.807, 2.05) is 12.1 Å². The molecule has 0 fully saturated rings. The average molecular weight is 183 g/mol. The molecule has 1 aromatic heterocycles. The Labute approximate surface area is 79.0 Å². The number of hydrogen-bond donors (Lipinski definition) is 0. The molecule has 0 saturated carbocycles. The van der Waals surface area contributed by atoms with Gasteiger partial charge in [0, 0.05) is 0 Å². The molecule has 0 unspecified atom stereocenters. The van der Waals surface area contributed by atoms with Crippen molar-refractivity contribution in [2.75, 3.05) is 0 Å². The number of nitrogens with zero attached hydrogens (tertiary/aromatic N) is 4. The highest BCUT2D eigenvalue weighted by Gasteiger charge is 2.05. The third-order valence-electron chi connectivity index (χ3n) is 1.89. The van der Waals surface area contributed by atoms with Crippen molar-refractivity contribution in [1.29, 1.82) is 10.5 Å². The van der Waals surface area contributed by atoms with Gasteiger partial charge in [-0.15, -0.1) is 0 Å². The second-order valence-electron chi connectivity index (χ2n) is 2.68. The van der Waals surface area contributed by atoms with Gasteiger partial charge in [-0.1, -0.05) is 0 Å². The quantitative estimate of drug-likeness (QED) is 0.612. The first-order chi connectivity index (χ1) is 6.76. The van der Waals surface area contributed by atoms with E-state index in [1.165, 1.54) is 12.1 Å². The minimum absolute atomic E-state index is 0.192. The first-order valence-electron chi connectivity index (χ1n) is 3.75. The van der Waals surface area contributed by atoms with Crippen molar-refractivity contribution in [2.24, 2.45) is 0 Å². The summed E-state index contributed by atoms with van der Waals surface area (Å²) < 4.78 is 0.567. The minimum atomic E-state index is 0.192. The van der Waals surface area contributed by atoms with Gasteiger partial charge in [-0.2, -0.15) is 10.5 Å². The topological polar surface area (TPSA) is 88.5 Å². The van der Waals surface area contributed by atoms with Gasteiger partial charge in [-0.05, 0) is 12.1 Å². The predicted molar refractivity (Wildman–Crippen MR) is 47.9 cm³/mol. The van der Waals surface area contributed by atoms with E-state index in [2.05, 4.69) is 4.98 Å². The van der Waals surface area contributed by atoms with E-state index in [0.717, 1.165) is 6.33 Å². The Kier molecular flexibility index (Phi) is 1.59. The van der Waals surface area contributed by atoms with Crippen LogP contribution in [0.4, 0.5) is 0 Å². The van der Waals surface area contributed by atoms with Crippen molar-refractivity contribution >= 4 is 11.0 Å². The van der Waals surface area contributed by atoms with Gasteiger partial charge >= 0.3 is 0 Å². The summed E-state index contributed by atoms with van der Waals surface area (Å²) in [5.41, 5.74) is 1.16. The van der Waals surface area contributed by atoms with Crippen LogP contribution in [0.3, 0.4) is 0 Å². The van der Waals surface area contributed by atoms with E-state index in [9.17, 15) is 5.21 Å². The molecular weight excluding hydrogens is 180 g/mol. The van der Waals surface area contributed by atoms with Gasteiger partial charge < -0.3 is 9.94 Å². The van der Waals surface area contributed by atoms with Gasteiger partial charge in [0.2, 0.25) is 0 Å². The zero-order valence-electron chi connectivity index (χ0n) is 6.93. The fourth-order valence-electron chi connectivity index (χ4n) is 1.22. The van der Waals surface area contributed by atoms with E-state index in [1.54, 1.807) is 0 Å². The molecule has 0 bridgehead atoms. The van der Waals surface area contributed by atoms with Gasteiger partial charge in [0.25, 0.3) is 0 Å². The highest BCUT2D eigenvalue weighted by molar-refractivity contribution is 5.79. The lowest BCUT2D eigenvalue weighted by molar-refractivity contribution is 1.11. The smallest absolute Gasteiger partial charge is 0.101 e. The van der Waals surface area contributed by atoms with Gasteiger partial charge in [0.05, 0.1) is 28.5 Å². The Morgan fingerprint density at radius 2 is 1.86 bits per heavy atom. The monoisotopic (exact) mass is 183 g/mol. The fourth-order valence-corrected chi connectivity index (χ4v) is 1.22. The molecule has 0 aliphatic carbocycles. The number of benzene rings is 1. The number of fused-ring (bicyclic) bond motifs is 1. The number of aromatic nitrogens is 2. The SMILES string of the molecule is N#Cc1cc2ncn([O-])c2cc1C#N. The van der Waals surface area contributed by atoms with E-state index in [4.69, 9.17) is 10.5 Å². The van der Waals surface area contributed by atoms with Crippen molar-refractivity contribution in [3.63, 3.8) is 0 Å². The summed E-state index contributed by atoms with van der Waals surface area (Å²) in [5.74, 6) is 0. The molecule has 0 amide bonds.